The third-order valence-corrected chi connectivity index (χ3v) is 5.29. The fourth-order valence-electron chi connectivity index (χ4n) is 2.93. The number of hydrogen-bond donors (Lipinski definition) is 2. The molecule has 0 amide bonds. The highest BCUT2D eigenvalue weighted by Crippen LogP contribution is 2.31. The third-order valence-electron chi connectivity index (χ3n) is 4.68. The molecule has 0 bridgehead atoms. The Balaban J connectivity index is 0.000000354. The second-order valence-electron chi connectivity index (χ2n) is 7.30. The van der Waals surface area contributed by atoms with E-state index in [0.29, 0.717) is 39.9 Å². The second-order valence-corrected chi connectivity index (χ2v) is 8.38. The van der Waals surface area contributed by atoms with Gasteiger partial charge >= 0.3 is 0 Å². The van der Waals surface area contributed by atoms with Gasteiger partial charge in [-0.05, 0) is 44.3 Å². The first-order valence-corrected chi connectivity index (χ1v) is 11.8. The molecule has 0 spiro atoms. The van der Waals surface area contributed by atoms with Gasteiger partial charge in [0.15, 0.2) is 6.29 Å². The highest BCUT2D eigenvalue weighted by molar-refractivity contribution is 7.78. The Hall–Kier alpha value is -2.62. The van der Waals surface area contributed by atoms with Gasteiger partial charge in [-0.3, -0.25) is 9.69 Å². The van der Waals surface area contributed by atoms with E-state index in [4.69, 9.17) is 33.0 Å². The molecule has 3 rings (SSSR count). The Morgan fingerprint density at radius 3 is 2.51 bits per heavy atom. The maximum absolute atomic E-state index is 10.8. The SMILES string of the molecule is CN(C)C(C=O)Cc1ccccc1.CO.O=C/C(=C\C1CC=C(c2ncc(Cl)cc2Cl)O1)NC=S. The zero-order chi connectivity index (χ0) is 26.2. The number of aldehydes is 2. The molecule has 2 N–H and O–H groups in total. The van der Waals surface area contributed by atoms with Crippen molar-refractivity contribution in [2.75, 3.05) is 21.2 Å². The molecule has 1 aliphatic heterocycles. The van der Waals surface area contributed by atoms with Crippen LogP contribution < -0.4 is 5.32 Å². The monoisotopic (exact) mass is 537 g/mol. The van der Waals surface area contributed by atoms with Crippen molar-refractivity contribution in [3.05, 3.63) is 81.7 Å². The minimum absolute atomic E-state index is 0.0117. The number of hydrogen-bond acceptors (Lipinski definition) is 7. The smallest absolute Gasteiger partial charge is 0.166 e. The molecule has 0 saturated carbocycles. The fraction of sp³-hybridized carbons (Fsp3) is 0.280. The number of likely N-dealkylation sites (N-methyl/N-ethyl adjacent to an activating group) is 1. The summed E-state index contributed by atoms with van der Waals surface area (Å²) in [4.78, 5) is 27.6. The molecule has 0 aliphatic carbocycles. The van der Waals surface area contributed by atoms with Crippen molar-refractivity contribution in [1.29, 1.82) is 0 Å². The summed E-state index contributed by atoms with van der Waals surface area (Å²) in [5.74, 6) is 0.570. The van der Waals surface area contributed by atoms with Crippen molar-refractivity contribution in [2.24, 2.45) is 0 Å². The number of allylic oxidation sites excluding steroid dienone is 1. The predicted molar refractivity (Wildman–Crippen MR) is 144 cm³/mol. The number of nitrogens with one attached hydrogen (secondary N) is 1. The van der Waals surface area contributed by atoms with Crippen LogP contribution in [0.1, 0.15) is 17.7 Å². The summed E-state index contributed by atoms with van der Waals surface area (Å²) in [7, 11) is 4.84. The minimum atomic E-state index is -0.263. The van der Waals surface area contributed by atoms with Crippen LogP contribution in [0.5, 0.6) is 0 Å². The van der Waals surface area contributed by atoms with Crippen molar-refractivity contribution in [3.8, 4) is 0 Å². The van der Waals surface area contributed by atoms with Gasteiger partial charge < -0.3 is 20.0 Å². The largest absolute Gasteiger partial charge is 0.484 e. The van der Waals surface area contributed by atoms with Crippen LogP contribution in [0.15, 0.2) is 60.4 Å². The molecular weight excluding hydrogens is 509 g/mol. The van der Waals surface area contributed by atoms with Crippen molar-refractivity contribution in [2.45, 2.75) is 25.0 Å². The molecule has 0 saturated heterocycles. The van der Waals surface area contributed by atoms with Crippen LogP contribution in [0.3, 0.4) is 0 Å². The molecule has 0 radical (unpaired) electrons. The minimum Gasteiger partial charge on any atom is -0.484 e. The normalized spacial score (nSPS) is 15.3. The number of pyridine rings is 1. The number of aromatic nitrogens is 1. The summed E-state index contributed by atoms with van der Waals surface area (Å²) in [5.41, 5.74) is 3.35. The van der Waals surface area contributed by atoms with E-state index in [1.807, 2.05) is 55.4 Å². The molecule has 2 unspecified atom stereocenters. The average molecular weight is 538 g/mol. The lowest BCUT2D eigenvalue weighted by Gasteiger charge is -2.17. The van der Waals surface area contributed by atoms with Gasteiger partial charge in [0, 0.05) is 19.7 Å². The topological polar surface area (TPSA) is 91.8 Å². The molecule has 0 fully saturated rings. The Morgan fingerprint density at radius 2 is 1.97 bits per heavy atom. The van der Waals surface area contributed by atoms with Crippen LogP contribution in [0.4, 0.5) is 0 Å². The summed E-state index contributed by atoms with van der Waals surface area (Å²) < 4.78 is 5.69. The predicted octanol–water partition coefficient (Wildman–Crippen LogP) is 4.11. The Labute approximate surface area is 221 Å². The summed E-state index contributed by atoms with van der Waals surface area (Å²) in [6.07, 6.45) is 7.84. The molecule has 1 aromatic carbocycles. The van der Waals surface area contributed by atoms with Crippen LogP contribution in [0.25, 0.3) is 5.76 Å². The van der Waals surface area contributed by atoms with Crippen LogP contribution in [-0.2, 0) is 20.7 Å². The number of halogens is 2. The Kier molecular flexibility index (Phi) is 14.7. The van der Waals surface area contributed by atoms with E-state index >= 15 is 0 Å². The van der Waals surface area contributed by atoms with Crippen LogP contribution in [-0.4, -0.2) is 66.4 Å². The quantitative estimate of drug-likeness (QED) is 0.280. The van der Waals surface area contributed by atoms with Gasteiger partial charge in [-0.15, -0.1) is 0 Å². The number of ether oxygens (including phenoxy) is 1. The molecule has 7 nitrogen and oxygen atoms in total. The van der Waals surface area contributed by atoms with Gasteiger partial charge in [0.25, 0.3) is 0 Å². The van der Waals surface area contributed by atoms with E-state index in [2.05, 4.69) is 22.5 Å². The lowest BCUT2D eigenvalue weighted by atomic mass is 10.1. The lowest BCUT2D eigenvalue weighted by Crippen LogP contribution is -2.31. The number of carbonyl (C=O) groups is 2. The number of aliphatic hydroxyl groups excluding tert-OH is 1. The number of nitrogens with zero attached hydrogens (tertiary/aromatic N) is 2. The van der Waals surface area contributed by atoms with Crippen LogP contribution in [0.2, 0.25) is 10.0 Å². The maximum atomic E-state index is 10.8. The number of benzene rings is 1. The van der Waals surface area contributed by atoms with E-state index in [1.165, 1.54) is 17.3 Å². The number of thiocarbonyl (C=S) groups is 1. The van der Waals surface area contributed by atoms with E-state index in [1.54, 1.807) is 12.1 Å². The van der Waals surface area contributed by atoms with Gasteiger partial charge in [-0.2, -0.15) is 0 Å². The van der Waals surface area contributed by atoms with E-state index in [-0.39, 0.29) is 12.1 Å². The van der Waals surface area contributed by atoms with Gasteiger partial charge in [0.1, 0.15) is 23.8 Å². The van der Waals surface area contributed by atoms with Crippen molar-refractivity contribution < 1.29 is 19.4 Å². The molecular formula is C25H29Cl2N3O4S. The maximum Gasteiger partial charge on any atom is 0.166 e. The van der Waals surface area contributed by atoms with E-state index < -0.39 is 0 Å². The average Bonchev–Trinajstić information content (AvgIpc) is 3.32. The van der Waals surface area contributed by atoms with Gasteiger partial charge in [0.05, 0.1) is 27.3 Å². The fourth-order valence-corrected chi connectivity index (χ4v) is 3.54. The lowest BCUT2D eigenvalue weighted by molar-refractivity contribution is -0.111. The number of aliphatic hydroxyl groups is 1. The highest BCUT2D eigenvalue weighted by atomic mass is 35.5. The molecule has 2 atom stereocenters. The standard InChI is InChI=1S/C13H10Cl2N2O2S.C11H15NO.CH4O/c14-8-3-11(15)13(16-5-8)12-2-1-10(19-12)4-9(6-18)17-7-20;1-12(2)11(9-13)8-10-6-4-3-5-7-10;1-2/h2-7,10H,1H2,(H,17,20);3-7,9,11H,8H2,1-2H3;2H,1H3/b9-4+;;. The molecule has 188 valence electrons. The highest BCUT2D eigenvalue weighted by Gasteiger charge is 2.21. The van der Waals surface area contributed by atoms with Crippen molar-refractivity contribution >= 4 is 59.2 Å². The molecule has 35 heavy (non-hydrogen) atoms. The molecule has 1 aromatic heterocycles. The van der Waals surface area contributed by atoms with Gasteiger partial charge in [0.2, 0.25) is 0 Å². The molecule has 1 aliphatic rings. The molecule has 2 aromatic rings. The van der Waals surface area contributed by atoms with E-state index in [9.17, 15) is 9.59 Å². The summed E-state index contributed by atoms with van der Waals surface area (Å²) in [5, 5.41) is 10.5. The summed E-state index contributed by atoms with van der Waals surface area (Å²) >= 11 is 16.5. The van der Waals surface area contributed by atoms with Gasteiger partial charge in [-0.25, -0.2) is 4.98 Å². The Morgan fingerprint density at radius 1 is 1.29 bits per heavy atom. The van der Waals surface area contributed by atoms with Crippen LogP contribution in [0, 0.1) is 0 Å². The summed E-state index contributed by atoms with van der Waals surface area (Å²) in [6.45, 7) is 0. The first-order valence-electron chi connectivity index (χ1n) is 10.5. The van der Waals surface area contributed by atoms with Crippen molar-refractivity contribution in [3.63, 3.8) is 0 Å². The first kappa shape index (κ1) is 30.4. The molecule has 10 heteroatoms. The third kappa shape index (κ3) is 10.7. The second kappa shape index (κ2) is 16.9. The van der Waals surface area contributed by atoms with Crippen molar-refractivity contribution in [1.82, 2.24) is 15.2 Å². The van der Waals surface area contributed by atoms with Gasteiger partial charge in [-0.1, -0.05) is 65.8 Å². The Bertz CT molecular complexity index is 1020. The first-order chi connectivity index (χ1) is 16.9. The number of carbonyl (C=O) groups excluding carboxylic acids is 2. The van der Waals surface area contributed by atoms with Crippen LogP contribution >= 0.6 is 35.4 Å². The zero-order valence-corrected chi connectivity index (χ0v) is 22.1. The van der Waals surface area contributed by atoms with E-state index in [0.717, 1.165) is 19.8 Å². The number of rotatable bonds is 9. The summed E-state index contributed by atoms with van der Waals surface area (Å²) in [6, 6.07) is 11.6. The molecule has 2 heterocycles. The zero-order valence-electron chi connectivity index (χ0n) is 19.7.